The standard InChI is InChI=1S/C7H13N3O/c1-5(7(11)9-4)10-6(2)8-3/h5H,3H2,1-2,4H3,(H,9,11)/b10-6-. The first-order valence-electron chi connectivity index (χ1n) is 3.34. The van der Waals surface area contributed by atoms with E-state index in [-0.39, 0.29) is 11.9 Å². The fourth-order valence-electron chi connectivity index (χ4n) is 0.589. The zero-order valence-corrected chi connectivity index (χ0v) is 7.09. The quantitative estimate of drug-likeness (QED) is 0.450. The van der Waals surface area contributed by atoms with Gasteiger partial charge in [0.15, 0.2) is 0 Å². The molecule has 0 heterocycles. The molecule has 0 aromatic rings. The molecule has 0 bridgehead atoms. The van der Waals surface area contributed by atoms with Crippen molar-refractivity contribution in [2.24, 2.45) is 9.98 Å². The lowest BCUT2D eigenvalue weighted by Crippen LogP contribution is -2.28. The number of nitrogens with one attached hydrogen (secondary N) is 1. The van der Waals surface area contributed by atoms with Crippen molar-refractivity contribution in [3.8, 4) is 0 Å². The van der Waals surface area contributed by atoms with Crippen molar-refractivity contribution in [2.45, 2.75) is 19.9 Å². The molecule has 1 atom stereocenters. The Morgan fingerprint density at radius 1 is 1.64 bits per heavy atom. The highest BCUT2D eigenvalue weighted by molar-refractivity contribution is 5.88. The van der Waals surface area contributed by atoms with Crippen molar-refractivity contribution in [1.82, 2.24) is 5.32 Å². The molecule has 0 aromatic carbocycles. The maximum atomic E-state index is 10.9. The number of hydrogen-bond donors (Lipinski definition) is 1. The molecule has 0 radical (unpaired) electrons. The van der Waals surface area contributed by atoms with Crippen LogP contribution < -0.4 is 5.32 Å². The molecule has 0 fully saturated rings. The van der Waals surface area contributed by atoms with E-state index in [0.29, 0.717) is 5.84 Å². The monoisotopic (exact) mass is 155 g/mol. The van der Waals surface area contributed by atoms with E-state index in [4.69, 9.17) is 0 Å². The second-order valence-corrected chi connectivity index (χ2v) is 2.12. The van der Waals surface area contributed by atoms with E-state index >= 15 is 0 Å². The Labute approximate surface area is 66.4 Å². The van der Waals surface area contributed by atoms with Crippen LogP contribution in [0, 0.1) is 0 Å². The number of likely N-dealkylation sites (N-methyl/N-ethyl adjacent to an activating group) is 1. The fourth-order valence-corrected chi connectivity index (χ4v) is 0.589. The molecule has 1 amide bonds. The van der Waals surface area contributed by atoms with Crippen LogP contribution >= 0.6 is 0 Å². The van der Waals surface area contributed by atoms with Gasteiger partial charge in [-0.2, -0.15) is 0 Å². The van der Waals surface area contributed by atoms with Crippen LogP contribution in [0.25, 0.3) is 0 Å². The van der Waals surface area contributed by atoms with E-state index in [2.05, 4.69) is 22.0 Å². The van der Waals surface area contributed by atoms with Gasteiger partial charge < -0.3 is 5.32 Å². The third-order valence-corrected chi connectivity index (χ3v) is 1.24. The van der Waals surface area contributed by atoms with E-state index in [0.717, 1.165) is 0 Å². The lowest BCUT2D eigenvalue weighted by Gasteiger charge is -2.03. The van der Waals surface area contributed by atoms with Gasteiger partial charge in [0.1, 0.15) is 11.9 Å². The number of hydrogen-bond acceptors (Lipinski definition) is 2. The van der Waals surface area contributed by atoms with Gasteiger partial charge in [-0.3, -0.25) is 9.79 Å². The molecule has 62 valence electrons. The number of amides is 1. The Balaban J connectivity index is 4.15. The molecular formula is C7H13N3O. The maximum absolute atomic E-state index is 10.9. The Hall–Kier alpha value is -1.19. The Morgan fingerprint density at radius 3 is 2.55 bits per heavy atom. The van der Waals surface area contributed by atoms with Gasteiger partial charge in [-0.05, 0) is 20.6 Å². The van der Waals surface area contributed by atoms with E-state index in [1.807, 2.05) is 0 Å². The van der Waals surface area contributed by atoms with Crippen molar-refractivity contribution in [2.75, 3.05) is 7.05 Å². The molecule has 1 unspecified atom stereocenters. The highest BCUT2D eigenvalue weighted by Crippen LogP contribution is 1.90. The van der Waals surface area contributed by atoms with Crippen LogP contribution in [0.1, 0.15) is 13.8 Å². The van der Waals surface area contributed by atoms with E-state index < -0.39 is 0 Å². The summed E-state index contributed by atoms with van der Waals surface area (Å²) in [4.78, 5) is 18.4. The fraction of sp³-hybridized carbons (Fsp3) is 0.571. The predicted molar refractivity (Wildman–Crippen MR) is 46.2 cm³/mol. The topological polar surface area (TPSA) is 53.8 Å². The van der Waals surface area contributed by atoms with Crippen LogP contribution in [0.15, 0.2) is 9.98 Å². The summed E-state index contributed by atoms with van der Waals surface area (Å²) in [6.07, 6.45) is 0. The van der Waals surface area contributed by atoms with Gasteiger partial charge in [-0.25, -0.2) is 4.99 Å². The summed E-state index contributed by atoms with van der Waals surface area (Å²) in [7, 11) is 1.57. The zero-order valence-electron chi connectivity index (χ0n) is 7.09. The third-order valence-electron chi connectivity index (χ3n) is 1.24. The number of carbonyl (C=O) groups excluding carboxylic acids is 1. The van der Waals surface area contributed by atoms with Gasteiger partial charge >= 0.3 is 0 Å². The highest BCUT2D eigenvalue weighted by Gasteiger charge is 2.07. The lowest BCUT2D eigenvalue weighted by atomic mass is 10.3. The summed E-state index contributed by atoms with van der Waals surface area (Å²) >= 11 is 0. The zero-order chi connectivity index (χ0) is 8.85. The van der Waals surface area contributed by atoms with Crippen molar-refractivity contribution >= 4 is 18.5 Å². The summed E-state index contributed by atoms with van der Waals surface area (Å²) in [6, 6.07) is -0.384. The predicted octanol–water partition coefficient (Wildman–Crippen LogP) is 0.240. The number of aliphatic imine (C=N–C) groups is 2. The first-order valence-corrected chi connectivity index (χ1v) is 3.34. The number of nitrogens with zero attached hydrogens (tertiary/aromatic N) is 2. The van der Waals surface area contributed by atoms with Crippen LogP contribution in [-0.4, -0.2) is 31.5 Å². The lowest BCUT2D eigenvalue weighted by molar-refractivity contribution is -0.121. The Morgan fingerprint density at radius 2 is 2.18 bits per heavy atom. The molecule has 0 aliphatic heterocycles. The molecule has 0 saturated heterocycles. The molecule has 0 aromatic heterocycles. The second-order valence-electron chi connectivity index (χ2n) is 2.12. The Kier molecular flexibility index (Phi) is 4.10. The van der Waals surface area contributed by atoms with E-state index in [1.54, 1.807) is 20.9 Å². The number of rotatable bonds is 2. The molecule has 0 rings (SSSR count). The molecule has 0 spiro atoms. The minimum atomic E-state index is -0.384. The molecule has 0 aliphatic carbocycles. The minimum absolute atomic E-state index is 0.118. The molecule has 4 heteroatoms. The van der Waals surface area contributed by atoms with Crippen LogP contribution in [0.3, 0.4) is 0 Å². The van der Waals surface area contributed by atoms with Gasteiger partial charge in [-0.1, -0.05) is 0 Å². The third kappa shape index (κ3) is 3.50. The van der Waals surface area contributed by atoms with Crippen molar-refractivity contribution in [3.63, 3.8) is 0 Å². The van der Waals surface area contributed by atoms with Gasteiger partial charge in [0.25, 0.3) is 0 Å². The van der Waals surface area contributed by atoms with Crippen LogP contribution in [0.2, 0.25) is 0 Å². The van der Waals surface area contributed by atoms with Crippen LogP contribution in [-0.2, 0) is 4.79 Å². The first kappa shape index (κ1) is 9.81. The normalized spacial score (nSPS) is 13.9. The molecule has 1 N–H and O–H groups in total. The summed E-state index contributed by atoms with van der Waals surface area (Å²) < 4.78 is 0. The maximum Gasteiger partial charge on any atom is 0.244 e. The summed E-state index contributed by atoms with van der Waals surface area (Å²) in [6.45, 7) is 6.69. The summed E-state index contributed by atoms with van der Waals surface area (Å²) in [5, 5.41) is 2.49. The van der Waals surface area contributed by atoms with E-state index in [1.165, 1.54) is 0 Å². The average Bonchev–Trinajstić information content (AvgIpc) is 2.02. The largest absolute Gasteiger partial charge is 0.357 e. The van der Waals surface area contributed by atoms with Crippen LogP contribution in [0.5, 0.6) is 0 Å². The van der Waals surface area contributed by atoms with E-state index in [9.17, 15) is 4.79 Å². The SMILES string of the molecule is C=N/C(C)=N\C(C)C(=O)NC. The Bertz CT molecular complexity index is 186. The molecule has 11 heavy (non-hydrogen) atoms. The summed E-state index contributed by atoms with van der Waals surface area (Å²) in [5.74, 6) is 0.411. The molecule has 0 aliphatic rings. The van der Waals surface area contributed by atoms with Gasteiger partial charge in [0.05, 0.1) is 0 Å². The van der Waals surface area contributed by atoms with Gasteiger partial charge in [0, 0.05) is 7.05 Å². The second kappa shape index (κ2) is 4.60. The minimum Gasteiger partial charge on any atom is -0.357 e. The first-order chi connectivity index (χ1) is 5.11. The average molecular weight is 155 g/mol. The van der Waals surface area contributed by atoms with Gasteiger partial charge in [0.2, 0.25) is 5.91 Å². The summed E-state index contributed by atoms with van der Waals surface area (Å²) in [5.41, 5.74) is 0. The van der Waals surface area contributed by atoms with Crippen molar-refractivity contribution in [3.05, 3.63) is 0 Å². The number of carbonyl (C=O) groups is 1. The highest BCUT2D eigenvalue weighted by atomic mass is 16.2. The van der Waals surface area contributed by atoms with Crippen molar-refractivity contribution in [1.29, 1.82) is 0 Å². The smallest absolute Gasteiger partial charge is 0.244 e. The number of amidine groups is 1. The van der Waals surface area contributed by atoms with Crippen molar-refractivity contribution < 1.29 is 4.79 Å². The molecule has 4 nitrogen and oxygen atoms in total. The molecular weight excluding hydrogens is 142 g/mol. The van der Waals surface area contributed by atoms with Gasteiger partial charge in [-0.15, -0.1) is 0 Å². The van der Waals surface area contributed by atoms with Crippen LogP contribution in [0.4, 0.5) is 0 Å². The molecule has 0 saturated carbocycles.